The van der Waals surface area contributed by atoms with Crippen molar-refractivity contribution >= 4 is 15.9 Å². The van der Waals surface area contributed by atoms with Gasteiger partial charge in [0.25, 0.3) is 10.2 Å². The second-order valence-electron chi connectivity index (χ2n) is 3.91. The fraction of sp³-hybridized carbons (Fsp3) is 0.500. The van der Waals surface area contributed by atoms with Crippen LogP contribution in [0.3, 0.4) is 0 Å². The highest BCUT2D eigenvalue weighted by Crippen LogP contribution is 2.40. The predicted octanol–water partition coefficient (Wildman–Crippen LogP) is 1.37. The second kappa shape index (κ2) is 7.20. The fourth-order valence-corrected chi connectivity index (χ4v) is 2.54. The van der Waals surface area contributed by atoms with E-state index in [1.165, 1.54) is 33.5 Å². The molecule has 20 heavy (non-hydrogen) atoms. The molecule has 8 heteroatoms. The summed E-state index contributed by atoms with van der Waals surface area (Å²) in [6.07, 6.45) is 0.705. The van der Waals surface area contributed by atoms with Crippen LogP contribution in [0.5, 0.6) is 17.2 Å². The van der Waals surface area contributed by atoms with Crippen LogP contribution in [0.15, 0.2) is 12.1 Å². The fourth-order valence-electron chi connectivity index (χ4n) is 1.57. The number of anilines is 1. The first-order chi connectivity index (χ1) is 9.47. The van der Waals surface area contributed by atoms with Gasteiger partial charge in [0.15, 0.2) is 11.5 Å². The third-order valence-corrected chi connectivity index (χ3v) is 3.55. The molecule has 0 aliphatic heterocycles. The van der Waals surface area contributed by atoms with E-state index in [0.717, 1.165) is 0 Å². The Morgan fingerprint density at radius 1 is 1.05 bits per heavy atom. The van der Waals surface area contributed by atoms with Crippen LogP contribution in [0.1, 0.15) is 13.3 Å². The van der Waals surface area contributed by atoms with E-state index >= 15 is 0 Å². The van der Waals surface area contributed by atoms with Crippen molar-refractivity contribution in [1.82, 2.24) is 4.72 Å². The molecule has 0 aromatic heterocycles. The Balaban J connectivity index is 3.08. The lowest BCUT2D eigenvalue weighted by Gasteiger charge is -2.15. The van der Waals surface area contributed by atoms with E-state index in [4.69, 9.17) is 14.2 Å². The summed E-state index contributed by atoms with van der Waals surface area (Å²) in [7, 11) is 0.787. The zero-order valence-corrected chi connectivity index (χ0v) is 12.8. The topological polar surface area (TPSA) is 85.9 Å². The number of ether oxygens (including phenoxy) is 3. The summed E-state index contributed by atoms with van der Waals surface area (Å²) in [4.78, 5) is 0. The van der Waals surface area contributed by atoms with Crippen molar-refractivity contribution in [2.24, 2.45) is 0 Å². The average Bonchev–Trinajstić information content (AvgIpc) is 2.43. The zero-order valence-electron chi connectivity index (χ0n) is 12.0. The van der Waals surface area contributed by atoms with E-state index in [1.54, 1.807) is 0 Å². The molecule has 0 aliphatic carbocycles. The maximum Gasteiger partial charge on any atom is 0.299 e. The van der Waals surface area contributed by atoms with Gasteiger partial charge in [-0.2, -0.15) is 13.1 Å². The number of hydrogen-bond donors (Lipinski definition) is 2. The summed E-state index contributed by atoms with van der Waals surface area (Å²) in [5.41, 5.74) is 0.322. The van der Waals surface area contributed by atoms with Crippen LogP contribution in [0.2, 0.25) is 0 Å². The summed E-state index contributed by atoms with van der Waals surface area (Å²) in [5.74, 6) is 1.15. The molecule has 0 heterocycles. The van der Waals surface area contributed by atoms with Gasteiger partial charge in [0.2, 0.25) is 5.75 Å². The molecule has 0 spiro atoms. The van der Waals surface area contributed by atoms with E-state index < -0.39 is 10.2 Å². The minimum absolute atomic E-state index is 0.322. The summed E-state index contributed by atoms with van der Waals surface area (Å²) in [6, 6.07) is 3.04. The molecule has 2 N–H and O–H groups in total. The summed E-state index contributed by atoms with van der Waals surface area (Å²) >= 11 is 0. The number of benzene rings is 1. The quantitative estimate of drug-likeness (QED) is 0.757. The lowest BCUT2D eigenvalue weighted by Crippen LogP contribution is -2.30. The first kappa shape index (κ1) is 16.4. The second-order valence-corrected chi connectivity index (χ2v) is 5.41. The monoisotopic (exact) mass is 304 g/mol. The van der Waals surface area contributed by atoms with Gasteiger partial charge in [0, 0.05) is 18.7 Å². The van der Waals surface area contributed by atoms with Crippen LogP contribution < -0.4 is 23.7 Å². The van der Waals surface area contributed by atoms with E-state index in [1.807, 2.05) is 6.92 Å². The molecular weight excluding hydrogens is 284 g/mol. The molecule has 7 nitrogen and oxygen atoms in total. The minimum atomic E-state index is -3.62. The highest BCUT2D eigenvalue weighted by Gasteiger charge is 2.16. The molecule has 0 saturated carbocycles. The van der Waals surface area contributed by atoms with Crippen molar-refractivity contribution in [3.8, 4) is 17.2 Å². The Morgan fingerprint density at radius 3 is 2.00 bits per heavy atom. The van der Waals surface area contributed by atoms with E-state index in [2.05, 4.69) is 9.44 Å². The van der Waals surface area contributed by atoms with Gasteiger partial charge in [0.1, 0.15) is 0 Å². The molecule has 0 bridgehead atoms. The van der Waals surface area contributed by atoms with Crippen molar-refractivity contribution in [2.45, 2.75) is 13.3 Å². The van der Waals surface area contributed by atoms with E-state index in [-0.39, 0.29) is 0 Å². The standard InChI is InChI=1S/C12H20N2O5S/c1-5-6-13-20(15,16)14-9-7-10(17-2)12(19-4)11(8-9)18-3/h7-8,13-14H,5-6H2,1-4H3. The molecule has 0 unspecified atom stereocenters. The normalized spacial score (nSPS) is 11.0. The first-order valence-electron chi connectivity index (χ1n) is 6.04. The maximum atomic E-state index is 11.8. The highest BCUT2D eigenvalue weighted by molar-refractivity contribution is 7.90. The van der Waals surface area contributed by atoms with Gasteiger partial charge in [-0.15, -0.1) is 0 Å². The molecule has 0 radical (unpaired) electrons. The largest absolute Gasteiger partial charge is 0.493 e. The number of methoxy groups -OCH3 is 3. The van der Waals surface area contributed by atoms with Gasteiger partial charge in [-0.3, -0.25) is 4.72 Å². The summed E-state index contributed by atoms with van der Waals surface area (Å²) < 4.78 is 43.8. The molecule has 0 fully saturated rings. The average molecular weight is 304 g/mol. The van der Waals surface area contributed by atoms with Gasteiger partial charge in [-0.25, -0.2) is 0 Å². The van der Waals surface area contributed by atoms with Crippen molar-refractivity contribution < 1.29 is 22.6 Å². The predicted molar refractivity (Wildman–Crippen MR) is 76.9 cm³/mol. The van der Waals surface area contributed by atoms with Gasteiger partial charge < -0.3 is 14.2 Å². The van der Waals surface area contributed by atoms with Crippen molar-refractivity contribution in [3.63, 3.8) is 0 Å². The SMILES string of the molecule is CCCNS(=O)(=O)Nc1cc(OC)c(OC)c(OC)c1. The molecule has 0 saturated heterocycles. The van der Waals surface area contributed by atoms with Crippen molar-refractivity contribution in [2.75, 3.05) is 32.6 Å². The van der Waals surface area contributed by atoms with Crippen LogP contribution in [0.25, 0.3) is 0 Å². The molecule has 1 aromatic carbocycles. The number of hydrogen-bond acceptors (Lipinski definition) is 5. The highest BCUT2D eigenvalue weighted by atomic mass is 32.2. The Hall–Kier alpha value is -1.67. The minimum Gasteiger partial charge on any atom is -0.493 e. The smallest absolute Gasteiger partial charge is 0.299 e. The molecule has 0 atom stereocenters. The van der Waals surface area contributed by atoms with Gasteiger partial charge in [0.05, 0.1) is 27.0 Å². The molecule has 0 aliphatic rings. The van der Waals surface area contributed by atoms with Crippen molar-refractivity contribution in [1.29, 1.82) is 0 Å². The molecule has 114 valence electrons. The molecule has 1 rings (SSSR count). The van der Waals surface area contributed by atoms with Gasteiger partial charge >= 0.3 is 0 Å². The van der Waals surface area contributed by atoms with Crippen LogP contribution in [-0.4, -0.2) is 36.3 Å². The Morgan fingerprint density at radius 2 is 1.60 bits per heavy atom. The molecule has 1 aromatic rings. The Bertz CT molecular complexity index is 520. The van der Waals surface area contributed by atoms with Gasteiger partial charge in [-0.1, -0.05) is 6.92 Å². The van der Waals surface area contributed by atoms with Gasteiger partial charge in [-0.05, 0) is 6.42 Å². The van der Waals surface area contributed by atoms with E-state index in [0.29, 0.717) is 35.9 Å². The molecular formula is C12H20N2O5S. The summed E-state index contributed by atoms with van der Waals surface area (Å²) in [5, 5.41) is 0. The van der Waals surface area contributed by atoms with Crippen molar-refractivity contribution in [3.05, 3.63) is 12.1 Å². The Kier molecular flexibility index (Phi) is 5.90. The third-order valence-electron chi connectivity index (χ3n) is 2.46. The zero-order chi connectivity index (χ0) is 15.2. The number of nitrogens with one attached hydrogen (secondary N) is 2. The summed E-state index contributed by atoms with van der Waals surface area (Å²) in [6.45, 7) is 2.24. The van der Waals surface area contributed by atoms with Crippen LogP contribution >= 0.6 is 0 Å². The maximum absolute atomic E-state index is 11.8. The molecule has 0 amide bonds. The Labute approximate surface area is 119 Å². The first-order valence-corrected chi connectivity index (χ1v) is 7.53. The number of rotatable bonds is 8. The lowest BCUT2D eigenvalue weighted by molar-refractivity contribution is 0.324. The van der Waals surface area contributed by atoms with Crippen LogP contribution in [0, 0.1) is 0 Å². The van der Waals surface area contributed by atoms with Crippen LogP contribution in [-0.2, 0) is 10.2 Å². The van der Waals surface area contributed by atoms with E-state index in [9.17, 15) is 8.42 Å². The lowest BCUT2D eigenvalue weighted by atomic mass is 10.2. The van der Waals surface area contributed by atoms with Crippen LogP contribution in [0.4, 0.5) is 5.69 Å². The third kappa shape index (κ3) is 4.17.